The number of aliphatic hydroxyl groups is 1. The maximum Gasteiger partial charge on any atom is 0.131 e. The summed E-state index contributed by atoms with van der Waals surface area (Å²) in [6.45, 7) is 5.01. The van der Waals surface area contributed by atoms with E-state index >= 15 is 0 Å². The van der Waals surface area contributed by atoms with Crippen LogP contribution in [-0.4, -0.2) is 21.4 Å². The van der Waals surface area contributed by atoms with Gasteiger partial charge in [0.15, 0.2) is 0 Å². The number of aromatic nitrogens is 2. The van der Waals surface area contributed by atoms with Gasteiger partial charge in [0.2, 0.25) is 0 Å². The van der Waals surface area contributed by atoms with Crippen LogP contribution in [0, 0.1) is 5.82 Å². The van der Waals surface area contributed by atoms with Crippen molar-refractivity contribution in [3.8, 4) is 0 Å². The summed E-state index contributed by atoms with van der Waals surface area (Å²) in [6.07, 6.45) is -0.696. The molecule has 1 heterocycles. The summed E-state index contributed by atoms with van der Waals surface area (Å²) in [5.74, 6) is -0.0369. The van der Waals surface area contributed by atoms with E-state index in [1.165, 1.54) is 12.1 Å². The van der Waals surface area contributed by atoms with Crippen LogP contribution in [0.3, 0.4) is 0 Å². The third-order valence-electron chi connectivity index (χ3n) is 3.54. The number of hydrogen-bond acceptors (Lipinski definition) is 3. The van der Waals surface area contributed by atoms with Crippen LogP contribution in [0.2, 0.25) is 5.15 Å². The second kappa shape index (κ2) is 7.22. The molecule has 1 atom stereocenters. The Morgan fingerprint density at radius 3 is 2.55 bits per heavy atom. The number of aryl methyl sites for hydroxylation is 1. The first-order chi connectivity index (χ1) is 10.4. The van der Waals surface area contributed by atoms with Gasteiger partial charge >= 0.3 is 0 Å². The number of rotatable bonds is 6. The standard InChI is InChI=1S/C16H21ClFN3O/c1-10(2)15-13(16(17)21(3)20-15)8-19-9-14(22)11-4-6-12(18)7-5-11/h4-7,10,14,19,22H,8-9H2,1-3H3. The van der Waals surface area contributed by atoms with Crippen LogP contribution in [0.15, 0.2) is 24.3 Å². The van der Waals surface area contributed by atoms with Gasteiger partial charge in [0.1, 0.15) is 11.0 Å². The molecular formula is C16H21ClFN3O. The quantitative estimate of drug-likeness (QED) is 0.857. The molecule has 0 amide bonds. The highest BCUT2D eigenvalue weighted by Gasteiger charge is 2.17. The first kappa shape index (κ1) is 16.9. The SMILES string of the molecule is CC(C)c1nn(C)c(Cl)c1CNCC(O)c1ccc(F)cc1. The lowest BCUT2D eigenvalue weighted by Crippen LogP contribution is -2.21. The number of aliphatic hydroxyl groups excluding tert-OH is 1. The van der Waals surface area contributed by atoms with Gasteiger partial charge in [-0.2, -0.15) is 5.10 Å². The lowest BCUT2D eigenvalue weighted by molar-refractivity contribution is 0.174. The fourth-order valence-electron chi connectivity index (χ4n) is 2.33. The molecule has 0 radical (unpaired) electrons. The van der Waals surface area contributed by atoms with E-state index in [0.29, 0.717) is 23.8 Å². The summed E-state index contributed by atoms with van der Waals surface area (Å²) in [6, 6.07) is 5.84. The molecule has 0 fully saturated rings. The molecule has 2 N–H and O–H groups in total. The molecule has 22 heavy (non-hydrogen) atoms. The largest absolute Gasteiger partial charge is 0.387 e. The molecule has 0 aliphatic carbocycles. The zero-order valence-electron chi connectivity index (χ0n) is 13.0. The summed E-state index contributed by atoms with van der Waals surface area (Å²) in [5, 5.41) is 18.3. The van der Waals surface area contributed by atoms with Gasteiger partial charge in [-0.1, -0.05) is 37.6 Å². The Kier molecular flexibility index (Phi) is 5.56. The van der Waals surface area contributed by atoms with E-state index in [0.717, 1.165) is 11.3 Å². The summed E-state index contributed by atoms with van der Waals surface area (Å²) in [5.41, 5.74) is 2.58. The third kappa shape index (κ3) is 3.85. The van der Waals surface area contributed by atoms with Crippen molar-refractivity contribution in [1.82, 2.24) is 15.1 Å². The van der Waals surface area contributed by atoms with Gasteiger partial charge in [0.05, 0.1) is 11.8 Å². The maximum atomic E-state index is 12.9. The Hall–Kier alpha value is -1.43. The van der Waals surface area contributed by atoms with Crippen molar-refractivity contribution in [3.63, 3.8) is 0 Å². The van der Waals surface area contributed by atoms with E-state index in [1.54, 1.807) is 16.8 Å². The summed E-state index contributed by atoms with van der Waals surface area (Å²) in [4.78, 5) is 0. The fourth-order valence-corrected chi connectivity index (χ4v) is 2.53. The van der Waals surface area contributed by atoms with E-state index in [-0.39, 0.29) is 11.7 Å². The summed E-state index contributed by atoms with van der Waals surface area (Å²) >= 11 is 6.26. The minimum atomic E-state index is -0.696. The second-order valence-corrected chi connectivity index (χ2v) is 5.99. The Morgan fingerprint density at radius 1 is 1.32 bits per heavy atom. The third-order valence-corrected chi connectivity index (χ3v) is 4.01. The van der Waals surface area contributed by atoms with Gasteiger partial charge in [-0.15, -0.1) is 0 Å². The Morgan fingerprint density at radius 2 is 1.95 bits per heavy atom. The molecule has 1 aromatic carbocycles. The van der Waals surface area contributed by atoms with E-state index < -0.39 is 6.10 Å². The second-order valence-electron chi connectivity index (χ2n) is 5.63. The maximum absolute atomic E-state index is 12.9. The molecule has 0 saturated heterocycles. The summed E-state index contributed by atoms with van der Waals surface area (Å²) < 4.78 is 14.5. The zero-order chi connectivity index (χ0) is 16.3. The molecule has 0 saturated carbocycles. The van der Waals surface area contributed by atoms with Crippen LogP contribution in [0.4, 0.5) is 4.39 Å². The Labute approximate surface area is 134 Å². The topological polar surface area (TPSA) is 50.1 Å². The average molecular weight is 326 g/mol. The van der Waals surface area contributed by atoms with E-state index in [2.05, 4.69) is 24.3 Å². The fraction of sp³-hybridized carbons (Fsp3) is 0.438. The van der Waals surface area contributed by atoms with Crippen LogP contribution in [0.1, 0.15) is 42.7 Å². The zero-order valence-corrected chi connectivity index (χ0v) is 13.7. The van der Waals surface area contributed by atoms with Crippen LogP contribution >= 0.6 is 11.6 Å². The molecule has 2 rings (SSSR count). The predicted molar refractivity (Wildman–Crippen MR) is 85.4 cm³/mol. The molecule has 0 bridgehead atoms. The van der Waals surface area contributed by atoms with Gasteiger partial charge in [0.25, 0.3) is 0 Å². The van der Waals surface area contributed by atoms with E-state index in [4.69, 9.17) is 11.6 Å². The first-order valence-corrected chi connectivity index (χ1v) is 7.63. The van der Waals surface area contributed by atoms with Crippen LogP contribution in [0.5, 0.6) is 0 Å². The lowest BCUT2D eigenvalue weighted by atomic mass is 10.1. The highest BCUT2D eigenvalue weighted by Crippen LogP contribution is 2.25. The Bertz CT molecular complexity index is 625. The molecule has 6 heteroatoms. The summed E-state index contributed by atoms with van der Waals surface area (Å²) in [7, 11) is 1.81. The number of nitrogens with zero attached hydrogens (tertiary/aromatic N) is 2. The molecule has 0 aliphatic rings. The van der Waals surface area contributed by atoms with Gasteiger partial charge in [0, 0.05) is 25.7 Å². The molecular weight excluding hydrogens is 305 g/mol. The molecule has 4 nitrogen and oxygen atoms in total. The van der Waals surface area contributed by atoms with Gasteiger partial charge < -0.3 is 10.4 Å². The van der Waals surface area contributed by atoms with Crippen molar-refractivity contribution in [2.75, 3.05) is 6.54 Å². The minimum absolute atomic E-state index is 0.275. The smallest absolute Gasteiger partial charge is 0.131 e. The van der Waals surface area contributed by atoms with Crippen LogP contribution in [-0.2, 0) is 13.6 Å². The van der Waals surface area contributed by atoms with Crippen molar-refractivity contribution < 1.29 is 9.50 Å². The molecule has 1 aromatic heterocycles. The predicted octanol–water partition coefficient (Wildman–Crippen LogP) is 3.16. The van der Waals surface area contributed by atoms with Crippen molar-refractivity contribution in [2.45, 2.75) is 32.4 Å². The number of nitrogens with one attached hydrogen (secondary N) is 1. The van der Waals surface area contributed by atoms with Gasteiger partial charge in [-0.3, -0.25) is 4.68 Å². The van der Waals surface area contributed by atoms with Gasteiger partial charge in [-0.25, -0.2) is 4.39 Å². The molecule has 120 valence electrons. The van der Waals surface area contributed by atoms with E-state index in [9.17, 15) is 9.50 Å². The average Bonchev–Trinajstić information content (AvgIpc) is 2.76. The highest BCUT2D eigenvalue weighted by atomic mass is 35.5. The van der Waals surface area contributed by atoms with Crippen molar-refractivity contribution in [2.24, 2.45) is 7.05 Å². The highest BCUT2D eigenvalue weighted by molar-refractivity contribution is 6.30. The molecule has 0 aliphatic heterocycles. The lowest BCUT2D eigenvalue weighted by Gasteiger charge is -2.13. The van der Waals surface area contributed by atoms with Crippen molar-refractivity contribution in [1.29, 1.82) is 0 Å². The van der Waals surface area contributed by atoms with Crippen molar-refractivity contribution in [3.05, 3.63) is 52.1 Å². The molecule has 2 aromatic rings. The van der Waals surface area contributed by atoms with E-state index in [1.807, 2.05) is 7.05 Å². The van der Waals surface area contributed by atoms with Crippen LogP contribution < -0.4 is 5.32 Å². The normalized spacial score (nSPS) is 12.9. The Balaban J connectivity index is 1.98. The number of benzene rings is 1. The number of halogens is 2. The molecule has 0 spiro atoms. The van der Waals surface area contributed by atoms with Crippen LogP contribution in [0.25, 0.3) is 0 Å². The number of hydrogen-bond donors (Lipinski definition) is 2. The van der Waals surface area contributed by atoms with Crippen molar-refractivity contribution >= 4 is 11.6 Å². The minimum Gasteiger partial charge on any atom is -0.387 e. The van der Waals surface area contributed by atoms with Gasteiger partial charge in [-0.05, 0) is 23.6 Å². The monoisotopic (exact) mass is 325 g/mol. The molecule has 1 unspecified atom stereocenters. The first-order valence-electron chi connectivity index (χ1n) is 7.25.